The van der Waals surface area contributed by atoms with Gasteiger partial charge in [0.2, 0.25) is 5.91 Å². The van der Waals surface area contributed by atoms with E-state index in [2.05, 4.69) is 12.2 Å². The largest absolute Gasteiger partial charge is 0.493 e. The number of aryl methyl sites for hydroxylation is 1. The molecule has 10 heteroatoms. The molecule has 1 N–H and O–H groups in total. The van der Waals surface area contributed by atoms with Crippen LogP contribution in [0.3, 0.4) is 0 Å². The lowest BCUT2D eigenvalue weighted by atomic mass is 9.94. The average molecular weight is 559 g/mol. The summed E-state index contributed by atoms with van der Waals surface area (Å²) in [5.74, 6) is -0.906. The van der Waals surface area contributed by atoms with Gasteiger partial charge in [0.15, 0.2) is 11.5 Å². The molecule has 9 nitrogen and oxygen atoms in total. The van der Waals surface area contributed by atoms with Crippen molar-refractivity contribution in [1.29, 1.82) is 0 Å². The van der Waals surface area contributed by atoms with Gasteiger partial charge in [0, 0.05) is 19.2 Å². The Labute approximate surface area is 230 Å². The maximum atomic E-state index is 14.0. The van der Waals surface area contributed by atoms with Crippen molar-refractivity contribution in [2.75, 3.05) is 25.7 Å². The monoisotopic (exact) mass is 558 g/mol. The molecule has 1 aliphatic heterocycles. The highest BCUT2D eigenvalue weighted by molar-refractivity contribution is 7.90. The van der Waals surface area contributed by atoms with Gasteiger partial charge >= 0.3 is 0 Å². The lowest BCUT2D eigenvalue weighted by Crippen LogP contribution is -2.38. The number of nitrogens with one attached hydrogen (secondary N) is 1. The number of hydrogen-bond acceptors (Lipinski definition) is 7. The number of rotatable bonds is 14. The van der Waals surface area contributed by atoms with Gasteiger partial charge in [0.25, 0.3) is 11.8 Å². The van der Waals surface area contributed by atoms with Gasteiger partial charge in [-0.05, 0) is 48.6 Å². The molecule has 0 spiro atoms. The minimum absolute atomic E-state index is 0.0882. The Balaban J connectivity index is 2.15. The van der Waals surface area contributed by atoms with Crippen LogP contribution in [0.15, 0.2) is 30.3 Å². The van der Waals surface area contributed by atoms with E-state index in [9.17, 15) is 22.8 Å². The fourth-order valence-electron chi connectivity index (χ4n) is 4.81. The Morgan fingerprint density at radius 2 is 1.64 bits per heavy atom. The van der Waals surface area contributed by atoms with E-state index in [4.69, 9.17) is 9.47 Å². The molecule has 2 aromatic carbocycles. The topological polar surface area (TPSA) is 119 Å². The summed E-state index contributed by atoms with van der Waals surface area (Å²) in [6.07, 6.45) is 4.78. The van der Waals surface area contributed by atoms with E-state index in [1.807, 2.05) is 13.0 Å². The highest BCUT2D eigenvalue weighted by Crippen LogP contribution is 2.39. The molecule has 3 rings (SSSR count). The van der Waals surface area contributed by atoms with Crippen LogP contribution in [0.4, 0.5) is 0 Å². The number of carbonyl (C=O) groups is 3. The fraction of sp³-hybridized carbons (Fsp3) is 0.483. The molecule has 0 unspecified atom stereocenters. The minimum Gasteiger partial charge on any atom is -0.493 e. The van der Waals surface area contributed by atoms with Crippen molar-refractivity contribution < 1.29 is 32.3 Å². The molecule has 0 aliphatic carbocycles. The summed E-state index contributed by atoms with van der Waals surface area (Å²) in [6, 6.07) is 7.42. The molecule has 1 aliphatic rings. The third-order valence-electron chi connectivity index (χ3n) is 6.73. The van der Waals surface area contributed by atoms with E-state index in [0.717, 1.165) is 36.0 Å². The van der Waals surface area contributed by atoms with Gasteiger partial charge in [-0.2, -0.15) is 0 Å². The van der Waals surface area contributed by atoms with Gasteiger partial charge in [-0.25, -0.2) is 8.42 Å². The van der Waals surface area contributed by atoms with Gasteiger partial charge in [0.05, 0.1) is 36.6 Å². The Morgan fingerprint density at radius 1 is 0.974 bits per heavy atom. The van der Waals surface area contributed by atoms with Crippen molar-refractivity contribution in [2.24, 2.45) is 0 Å². The zero-order valence-electron chi connectivity index (χ0n) is 23.3. The molecular weight excluding hydrogens is 520 g/mol. The quantitative estimate of drug-likeness (QED) is 0.272. The van der Waals surface area contributed by atoms with Gasteiger partial charge in [-0.15, -0.1) is 0 Å². The number of sulfone groups is 1. The summed E-state index contributed by atoms with van der Waals surface area (Å²) < 4.78 is 36.2. The summed E-state index contributed by atoms with van der Waals surface area (Å²) in [4.78, 5) is 41.0. The van der Waals surface area contributed by atoms with Crippen molar-refractivity contribution in [3.63, 3.8) is 0 Å². The Hall–Kier alpha value is -3.40. The molecule has 212 valence electrons. The van der Waals surface area contributed by atoms with Crippen LogP contribution in [0.5, 0.6) is 11.5 Å². The summed E-state index contributed by atoms with van der Waals surface area (Å²) in [7, 11) is -2.13. The zero-order chi connectivity index (χ0) is 28.7. The number of amides is 3. The van der Waals surface area contributed by atoms with Gasteiger partial charge < -0.3 is 14.8 Å². The van der Waals surface area contributed by atoms with E-state index < -0.39 is 33.4 Å². The number of benzene rings is 2. The maximum Gasteiger partial charge on any atom is 0.262 e. The number of methoxy groups -OCH3 is 1. The Morgan fingerprint density at radius 3 is 2.23 bits per heavy atom. The van der Waals surface area contributed by atoms with Crippen LogP contribution in [-0.2, 0) is 27.6 Å². The molecule has 0 fully saturated rings. The van der Waals surface area contributed by atoms with Crippen LogP contribution in [0, 0.1) is 0 Å². The molecule has 0 bridgehead atoms. The number of unbranched alkanes of at least 4 members (excludes halogenated alkanes) is 2. The van der Waals surface area contributed by atoms with Crippen LogP contribution in [-0.4, -0.2) is 56.8 Å². The van der Waals surface area contributed by atoms with Crippen LogP contribution < -0.4 is 14.8 Å². The number of nitrogens with zero attached hydrogens (tertiary/aromatic N) is 1. The summed E-state index contributed by atoms with van der Waals surface area (Å²) in [5.41, 5.74) is 2.22. The molecule has 0 saturated carbocycles. The first-order valence-corrected chi connectivity index (χ1v) is 15.4. The molecular formula is C29H38N2O7S. The molecule has 39 heavy (non-hydrogen) atoms. The van der Waals surface area contributed by atoms with Gasteiger partial charge in [0.1, 0.15) is 9.84 Å². The van der Waals surface area contributed by atoms with Crippen LogP contribution in [0.25, 0.3) is 0 Å². The minimum atomic E-state index is -3.62. The summed E-state index contributed by atoms with van der Waals surface area (Å²) in [6.45, 7) is 6.06. The molecule has 0 saturated heterocycles. The molecule has 1 heterocycles. The van der Waals surface area contributed by atoms with E-state index >= 15 is 0 Å². The van der Waals surface area contributed by atoms with Crippen LogP contribution in [0.2, 0.25) is 0 Å². The van der Waals surface area contributed by atoms with Crippen molar-refractivity contribution in [3.8, 4) is 11.5 Å². The first kappa shape index (κ1) is 30.1. The molecule has 2 aromatic rings. The average Bonchev–Trinajstić information content (AvgIpc) is 3.16. The number of hydrogen-bond donors (Lipinski definition) is 1. The number of carbonyl (C=O) groups excluding carboxylic acids is 3. The van der Waals surface area contributed by atoms with E-state index in [1.54, 1.807) is 31.2 Å². The smallest absolute Gasteiger partial charge is 0.262 e. The molecule has 0 aromatic heterocycles. The van der Waals surface area contributed by atoms with Crippen molar-refractivity contribution >= 4 is 27.6 Å². The Bertz CT molecular complexity index is 1340. The van der Waals surface area contributed by atoms with E-state index in [1.165, 1.54) is 7.11 Å². The maximum absolute atomic E-state index is 14.0. The van der Waals surface area contributed by atoms with E-state index in [0.29, 0.717) is 35.7 Å². The second-order valence-electron chi connectivity index (χ2n) is 9.65. The third-order valence-corrected chi connectivity index (χ3v) is 7.66. The lowest BCUT2D eigenvalue weighted by molar-refractivity contribution is -0.120. The van der Waals surface area contributed by atoms with Crippen LogP contribution in [0.1, 0.15) is 89.9 Å². The first-order chi connectivity index (χ1) is 18.6. The highest BCUT2D eigenvalue weighted by Gasteiger charge is 2.44. The predicted molar refractivity (Wildman–Crippen MR) is 149 cm³/mol. The number of fused-ring (bicyclic) bond motifs is 1. The van der Waals surface area contributed by atoms with E-state index in [-0.39, 0.29) is 30.0 Å². The third kappa shape index (κ3) is 6.98. The molecule has 1 atom stereocenters. The standard InChI is InChI=1S/C29H38N2O7S/c1-6-9-10-11-19-12-13-21(17-30-25(32)7-2)27-26(19)28(33)31(29(27)34)22(18-39(5,35)36)20-14-15-23(37-4)24(16-20)38-8-3/h12-16,22H,6-11,17-18H2,1-5H3,(H,30,32)/t22-/m1/s1. The van der Waals surface area contributed by atoms with Gasteiger partial charge in [-0.3, -0.25) is 19.3 Å². The molecule has 0 radical (unpaired) electrons. The second-order valence-corrected chi connectivity index (χ2v) is 11.8. The SMILES string of the molecule is CCCCCc1ccc(CNC(=O)CC)c2c1C(=O)N([C@H](CS(C)(=O)=O)c1ccc(OC)c(OCC)c1)C2=O. The summed E-state index contributed by atoms with van der Waals surface area (Å²) >= 11 is 0. The summed E-state index contributed by atoms with van der Waals surface area (Å²) in [5, 5.41) is 2.79. The fourth-order valence-corrected chi connectivity index (χ4v) is 5.72. The number of ether oxygens (including phenoxy) is 2. The predicted octanol–water partition coefficient (Wildman–Crippen LogP) is 4.23. The first-order valence-electron chi connectivity index (χ1n) is 13.3. The van der Waals surface area contributed by atoms with Crippen LogP contribution >= 0.6 is 0 Å². The molecule has 3 amide bonds. The second kappa shape index (κ2) is 13.1. The van der Waals surface area contributed by atoms with Crippen molar-refractivity contribution in [1.82, 2.24) is 10.2 Å². The lowest BCUT2D eigenvalue weighted by Gasteiger charge is -2.27. The normalized spacial score (nSPS) is 13.8. The van der Waals surface area contributed by atoms with Crippen molar-refractivity contribution in [3.05, 3.63) is 58.1 Å². The number of imide groups is 1. The van der Waals surface area contributed by atoms with Crippen molar-refractivity contribution in [2.45, 2.75) is 65.5 Å². The zero-order valence-corrected chi connectivity index (χ0v) is 24.2. The Kier molecular flexibility index (Phi) is 10.1. The highest BCUT2D eigenvalue weighted by atomic mass is 32.2. The van der Waals surface area contributed by atoms with Gasteiger partial charge in [-0.1, -0.05) is 44.9 Å².